The lowest BCUT2D eigenvalue weighted by molar-refractivity contribution is -0.274. The lowest BCUT2D eigenvalue weighted by atomic mass is 10.1. The molecule has 4 aromatic carbocycles. The van der Waals surface area contributed by atoms with Crippen LogP contribution in [0.15, 0.2) is 113 Å². The Morgan fingerprint density at radius 1 is 0.915 bits per heavy atom. The Morgan fingerprint density at radius 2 is 1.57 bits per heavy atom. The van der Waals surface area contributed by atoms with Crippen molar-refractivity contribution in [3.8, 4) is 39.8 Å². The van der Waals surface area contributed by atoms with Gasteiger partial charge in [0, 0.05) is 10.9 Å². The van der Waals surface area contributed by atoms with Crippen LogP contribution >= 0.6 is 11.3 Å². The van der Waals surface area contributed by atoms with Gasteiger partial charge in [-0.1, -0.05) is 54.6 Å². The molecule has 0 saturated heterocycles. The molecule has 0 fully saturated rings. The van der Waals surface area contributed by atoms with Gasteiger partial charge < -0.3 is 9.84 Å². The van der Waals surface area contributed by atoms with Crippen molar-refractivity contribution in [1.29, 1.82) is 0 Å². The van der Waals surface area contributed by atoms with Gasteiger partial charge in [-0.05, 0) is 72.5 Å². The first-order chi connectivity index (χ1) is 22.6. The minimum absolute atomic E-state index is 0.209. The number of para-hydroxylation sites is 1. The Bertz CT molecular complexity index is 2130. The van der Waals surface area contributed by atoms with Crippen LogP contribution in [-0.4, -0.2) is 43.0 Å². The fourth-order valence-corrected chi connectivity index (χ4v) is 5.77. The average Bonchev–Trinajstić information content (AvgIpc) is 3.69. The summed E-state index contributed by atoms with van der Waals surface area (Å²) in [4.78, 5) is 16.3. The zero-order valence-electron chi connectivity index (χ0n) is 24.9. The van der Waals surface area contributed by atoms with Crippen LogP contribution in [0.3, 0.4) is 0 Å². The summed E-state index contributed by atoms with van der Waals surface area (Å²) in [5, 5.41) is 24.7. The summed E-state index contributed by atoms with van der Waals surface area (Å²) >= 11 is 1.42. The second-order valence-corrected chi connectivity index (χ2v) is 11.2. The predicted molar refractivity (Wildman–Crippen MR) is 172 cm³/mol. The molecule has 0 atom stereocenters. The molecule has 47 heavy (non-hydrogen) atoms. The molecule has 13 heteroatoms. The number of hydrogen-bond donors (Lipinski definition) is 1. The number of ether oxygens (including phenoxy) is 1. The van der Waals surface area contributed by atoms with E-state index in [1.807, 2.05) is 66.3 Å². The Kier molecular flexibility index (Phi) is 8.55. The SMILES string of the molecule is Cc1cccc(C)c1-n1c(-c2ccc(C(=O)O)cc2)cs/c1=N/N=C\c1ccc(-c2ncn(-c3ccc(OC(F)(F)F)cc3)n2)cc1. The van der Waals surface area contributed by atoms with E-state index in [1.54, 1.807) is 30.5 Å². The predicted octanol–water partition coefficient (Wildman–Crippen LogP) is 7.60. The number of carboxylic acid groups (broad SMARTS) is 1. The number of benzene rings is 4. The fraction of sp³-hybridized carbons (Fsp3) is 0.0882. The van der Waals surface area contributed by atoms with Crippen molar-refractivity contribution in [2.75, 3.05) is 0 Å². The van der Waals surface area contributed by atoms with E-state index in [2.05, 4.69) is 25.0 Å². The smallest absolute Gasteiger partial charge is 0.478 e. The Labute approximate surface area is 270 Å². The molecule has 0 aliphatic carbocycles. The molecule has 0 bridgehead atoms. The topological polar surface area (TPSA) is 107 Å². The molecule has 0 aliphatic heterocycles. The molecule has 0 saturated carbocycles. The number of carboxylic acids is 1. The van der Waals surface area contributed by atoms with E-state index >= 15 is 0 Å². The second-order valence-electron chi connectivity index (χ2n) is 10.4. The van der Waals surface area contributed by atoms with Crippen LogP contribution in [0, 0.1) is 13.8 Å². The normalized spacial score (nSPS) is 12.1. The molecule has 0 unspecified atom stereocenters. The second kappa shape index (κ2) is 12.9. The quantitative estimate of drug-likeness (QED) is 0.134. The Hall–Kier alpha value is -5.82. The van der Waals surface area contributed by atoms with Crippen LogP contribution in [0.25, 0.3) is 34.0 Å². The molecule has 0 radical (unpaired) electrons. The molecular weight excluding hydrogens is 629 g/mol. The highest BCUT2D eigenvalue weighted by Crippen LogP contribution is 2.28. The van der Waals surface area contributed by atoms with E-state index in [4.69, 9.17) is 0 Å². The lowest BCUT2D eigenvalue weighted by Crippen LogP contribution is -2.17. The summed E-state index contributed by atoms with van der Waals surface area (Å²) in [6.45, 7) is 4.06. The Balaban J connectivity index is 1.24. The van der Waals surface area contributed by atoms with Gasteiger partial charge in [-0.2, -0.15) is 5.10 Å². The standard InChI is InChI=1S/C34H25F3N6O3S/c1-21-4-3-5-22(2)30(21)43-29(24-10-12-26(13-11-24)32(44)45)19-47-33(43)40-39-18-23-6-8-25(9-7-23)31-38-20-42(41-31)27-14-16-28(17-15-27)46-34(35,36)37/h3-20H,1-2H3,(H,44,45)/b39-18-,40-33+. The molecule has 6 aromatic rings. The maximum Gasteiger partial charge on any atom is 0.573 e. The first kappa shape index (κ1) is 31.2. The van der Waals surface area contributed by atoms with Crippen LogP contribution in [0.4, 0.5) is 13.2 Å². The summed E-state index contributed by atoms with van der Waals surface area (Å²) in [7, 11) is 0. The highest BCUT2D eigenvalue weighted by Gasteiger charge is 2.31. The summed E-state index contributed by atoms with van der Waals surface area (Å²) in [6, 6.07) is 25.5. The van der Waals surface area contributed by atoms with Crippen LogP contribution in [0.5, 0.6) is 5.75 Å². The monoisotopic (exact) mass is 654 g/mol. The Morgan fingerprint density at radius 3 is 2.21 bits per heavy atom. The molecule has 236 valence electrons. The van der Waals surface area contributed by atoms with Crippen molar-refractivity contribution in [3.63, 3.8) is 0 Å². The van der Waals surface area contributed by atoms with Crippen molar-refractivity contribution in [2.45, 2.75) is 20.2 Å². The zero-order chi connectivity index (χ0) is 33.1. The van der Waals surface area contributed by atoms with Crippen molar-refractivity contribution in [2.24, 2.45) is 10.2 Å². The summed E-state index contributed by atoms with van der Waals surface area (Å²) < 4.78 is 44.8. The maximum atomic E-state index is 12.4. The van der Waals surface area contributed by atoms with Gasteiger partial charge in [-0.15, -0.1) is 34.7 Å². The number of thiazole rings is 1. The van der Waals surface area contributed by atoms with E-state index in [9.17, 15) is 23.1 Å². The third kappa shape index (κ3) is 7.05. The van der Waals surface area contributed by atoms with Gasteiger partial charge in [0.25, 0.3) is 0 Å². The first-order valence-corrected chi connectivity index (χ1v) is 15.0. The van der Waals surface area contributed by atoms with Crippen molar-refractivity contribution < 1.29 is 27.8 Å². The molecule has 0 amide bonds. The minimum atomic E-state index is -4.76. The fourth-order valence-electron chi connectivity index (χ4n) is 4.92. The van der Waals surface area contributed by atoms with Crippen LogP contribution in [0.2, 0.25) is 0 Å². The third-order valence-corrected chi connectivity index (χ3v) is 7.96. The number of aromatic carboxylic acids is 1. The van der Waals surface area contributed by atoms with Crippen LogP contribution < -0.4 is 9.54 Å². The van der Waals surface area contributed by atoms with Crippen molar-refractivity contribution in [1.82, 2.24) is 19.3 Å². The van der Waals surface area contributed by atoms with Crippen molar-refractivity contribution in [3.05, 3.63) is 130 Å². The summed E-state index contributed by atoms with van der Waals surface area (Å²) in [5.41, 5.74) is 7.04. The highest BCUT2D eigenvalue weighted by atomic mass is 32.1. The van der Waals surface area contributed by atoms with Gasteiger partial charge in [-0.3, -0.25) is 4.57 Å². The molecular formula is C34H25F3N6O3S. The first-order valence-electron chi connectivity index (χ1n) is 14.1. The zero-order valence-corrected chi connectivity index (χ0v) is 25.7. The molecule has 1 N–H and O–H groups in total. The van der Waals surface area contributed by atoms with Crippen molar-refractivity contribution >= 4 is 23.5 Å². The number of carbonyl (C=O) groups is 1. The molecule has 0 aliphatic rings. The van der Waals surface area contributed by atoms with Gasteiger partial charge in [0.15, 0.2) is 5.82 Å². The molecule has 6 rings (SSSR count). The van der Waals surface area contributed by atoms with Gasteiger partial charge in [-0.25, -0.2) is 14.5 Å². The third-order valence-electron chi connectivity index (χ3n) is 7.14. The number of aromatic nitrogens is 4. The van der Waals surface area contributed by atoms with Crippen LogP contribution in [-0.2, 0) is 0 Å². The molecule has 2 aromatic heterocycles. The largest absolute Gasteiger partial charge is 0.573 e. The number of rotatable bonds is 8. The lowest BCUT2D eigenvalue weighted by Gasteiger charge is -2.14. The molecule has 9 nitrogen and oxygen atoms in total. The van der Waals surface area contributed by atoms with E-state index in [0.29, 0.717) is 16.3 Å². The van der Waals surface area contributed by atoms with E-state index in [-0.39, 0.29) is 11.3 Å². The number of alkyl halides is 3. The summed E-state index contributed by atoms with van der Waals surface area (Å²) in [6.07, 6.45) is -1.65. The van der Waals surface area contributed by atoms with Gasteiger partial charge in [0.05, 0.1) is 28.8 Å². The van der Waals surface area contributed by atoms with Gasteiger partial charge >= 0.3 is 12.3 Å². The number of nitrogens with zero attached hydrogens (tertiary/aromatic N) is 6. The molecule has 2 heterocycles. The maximum absolute atomic E-state index is 12.4. The van der Waals surface area contributed by atoms with E-state index < -0.39 is 12.3 Å². The number of aryl methyl sites for hydroxylation is 2. The number of hydrogen-bond acceptors (Lipinski definition) is 7. The highest BCUT2D eigenvalue weighted by molar-refractivity contribution is 7.07. The van der Waals surface area contributed by atoms with Gasteiger partial charge in [0.2, 0.25) is 4.80 Å². The number of halogens is 3. The van der Waals surface area contributed by atoms with Crippen LogP contribution in [0.1, 0.15) is 27.0 Å². The average molecular weight is 655 g/mol. The van der Waals surface area contributed by atoms with E-state index in [0.717, 1.165) is 39.2 Å². The molecule has 0 spiro atoms. The van der Waals surface area contributed by atoms with E-state index in [1.165, 1.54) is 46.6 Å². The minimum Gasteiger partial charge on any atom is -0.478 e. The van der Waals surface area contributed by atoms with Gasteiger partial charge in [0.1, 0.15) is 12.1 Å². The summed E-state index contributed by atoms with van der Waals surface area (Å²) in [5.74, 6) is -0.871.